The Labute approximate surface area is 139 Å². The Morgan fingerprint density at radius 2 is 1.78 bits per heavy atom. The van der Waals surface area contributed by atoms with Gasteiger partial charge in [0.15, 0.2) is 0 Å². The maximum absolute atomic E-state index is 12.8. The van der Waals surface area contributed by atoms with E-state index >= 15 is 0 Å². The lowest BCUT2D eigenvalue weighted by molar-refractivity contribution is -0.131. The highest BCUT2D eigenvalue weighted by atomic mass is 32.1. The molecule has 1 amide bonds. The Morgan fingerprint density at radius 3 is 2.43 bits per heavy atom. The van der Waals surface area contributed by atoms with Crippen molar-refractivity contribution in [3.05, 3.63) is 26.6 Å². The van der Waals surface area contributed by atoms with Gasteiger partial charge in [-0.2, -0.15) is 0 Å². The molecule has 0 bridgehead atoms. The van der Waals surface area contributed by atoms with Crippen LogP contribution in [0.2, 0.25) is 0 Å². The maximum Gasteiger partial charge on any atom is 0.263 e. The van der Waals surface area contributed by atoms with Gasteiger partial charge in [-0.25, -0.2) is 4.98 Å². The molecule has 2 aromatic rings. The third kappa shape index (κ3) is 3.04. The zero-order chi connectivity index (χ0) is 16.6. The molecule has 0 atom stereocenters. The average Bonchev–Trinajstić information content (AvgIpc) is 2.73. The summed E-state index contributed by atoms with van der Waals surface area (Å²) in [4.78, 5) is 33.8. The molecule has 0 unspecified atom stereocenters. The Morgan fingerprint density at radius 1 is 1.13 bits per heavy atom. The summed E-state index contributed by atoms with van der Waals surface area (Å²) in [6, 6.07) is 0. The van der Waals surface area contributed by atoms with Gasteiger partial charge in [0.05, 0.1) is 5.39 Å². The molecule has 1 fully saturated rings. The molecule has 2 aromatic heterocycles. The molecule has 1 aliphatic heterocycles. The molecule has 3 heterocycles. The molecule has 0 spiro atoms. The van der Waals surface area contributed by atoms with Gasteiger partial charge in [-0.15, -0.1) is 11.3 Å². The summed E-state index contributed by atoms with van der Waals surface area (Å²) in [6.45, 7) is 7.47. The lowest BCUT2D eigenvalue weighted by Gasteiger charge is -2.21. The van der Waals surface area contributed by atoms with Crippen molar-refractivity contribution >= 4 is 27.5 Å². The first-order valence-corrected chi connectivity index (χ1v) is 9.05. The minimum absolute atomic E-state index is 0.0304. The first kappa shape index (κ1) is 16.2. The lowest BCUT2D eigenvalue weighted by atomic mass is 10.2. The SMILES string of the molecule is Cc1sc2nc(C)n(CC(=O)N3CCCCCC3)c(=O)c2c1C. The van der Waals surface area contributed by atoms with E-state index in [-0.39, 0.29) is 18.0 Å². The number of hydrogen-bond acceptors (Lipinski definition) is 4. The second-order valence-corrected chi connectivity index (χ2v) is 7.51. The van der Waals surface area contributed by atoms with E-state index in [4.69, 9.17) is 0 Å². The van der Waals surface area contributed by atoms with Gasteiger partial charge in [-0.05, 0) is 39.2 Å². The molecule has 124 valence electrons. The van der Waals surface area contributed by atoms with E-state index in [1.54, 1.807) is 18.3 Å². The minimum atomic E-state index is -0.0856. The second-order valence-electron chi connectivity index (χ2n) is 6.31. The van der Waals surface area contributed by atoms with Gasteiger partial charge in [0.25, 0.3) is 5.56 Å². The number of nitrogens with zero attached hydrogens (tertiary/aromatic N) is 3. The summed E-state index contributed by atoms with van der Waals surface area (Å²) < 4.78 is 1.54. The highest BCUT2D eigenvalue weighted by molar-refractivity contribution is 7.18. The van der Waals surface area contributed by atoms with Gasteiger partial charge in [-0.3, -0.25) is 14.2 Å². The van der Waals surface area contributed by atoms with Crippen LogP contribution < -0.4 is 5.56 Å². The fraction of sp³-hybridized carbons (Fsp3) is 0.588. The third-order valence-electron chi connectivity index (χ3n) is 4.73. The van der Waals surface area contributed by atoms with Gasteiger partial charge in [0.2, 0.25) is 5.91 Å². The quantitative estimate of drug-likeness (QED) is 0.849. The number of aromatic nitrogens is 2. The topological polar surface area (TPSA) is 55.2 Å². The molecular formula is C17H23N3O2S. The van der Waals surface area contributed by atoms with Crippen molar-refractivity contribution in [2.45, 2.75) is 53.0 Å². The van der Waals surface area contributed by atoms with Crippen LogP contribution in [0.15, 0.2) is 4.79 Å². The second kappa shape index (κ2) is 6.43. The van der Waals surface area contributed by atoms with Crippen molar-refractivity contribution in [2.24, 2.45) is 0 Å². The molecule has 3 rings (SSSR count). The molecule has 0 radical (unpaired) electrons. The smallest absolute Gasteiger partial charge is 0.263 e. The monoisotopic (exact) mass is 333 g/mol. The summed E-state index contributed by atoms with van der Waals surface area (Å²) in [5, 5.41) is 0.668. The number of aryl methyl sites for hydroxylation is 3. The minimum Gasteiger partial charge on any atom is -0.341 e. The predicted molar refractivity (Wildman–Crippen MR) is 93.1 cm³/mol. The molecule has 0 saturated carbocycles. The molecule has 0 aliphatic carbocycles. The Bertz CT molecular complexity index is 798. The van der Waals surface area contributed by atoms with Crippen molar-refractivity contribution in [3.8, 4) is 0 Å². The van der Waals surface area contributed by atoms with Crippen molar-refractivity contribution in [1.82, 2.24) is 14.5 Å². The van der Waals surface area contributed by atoms with Crippen LogP contribution in [0, 0.1) is 20.8 Å². The van der Waals surface area contributed by atoms with Crippen molar-refractivity contribution in [2.75, 3.05) is 13.1 Å². The molecule has 23 heavy (non-hydrogen) atoms. The normalized spacial score (nSPS) is 15.9. The fourth-order valence-electron chi connectivity index (χ4n) is 3.17. The van der Waals surface area contributed by atoms with Gasteiger partial charge >= 0.3 is 0 Å². The highest BCUT2D eigenvalue weighted by Gasteiger charge is 2.20. The zero-order valence-electron chi connectivity index (χ0n) is 14.0. The Kier molecular flexibility index (Phi) is 4.53. The summed E-state index contributed by atoms with van der Waals surface area (Å²) in [7, 11) is 0. The van der Waals surface area contributed by atoms with E-state index in [2.05, 4.69) is 4.98 Å². The van der Waals surface area contributed by atoms with Crippen molar-refractivity contribution in [3.63, 3.8) is 0 Å². The molecule has 1 aliphatic rings. The Hall–Kier alpha value is -1.69. The molecule has 0 aromatic carbocycles. The standard InChI is InChI=1S/C17H23N3O2S/c1-11-12(2)23-16-15(11)17(22)20(13(3)18-16)10-14(21)19-8-6-4-5-7-9-19/h4-10H2,1-3H3. The van der Waals surface area contributed by atoms with Crippen LogP contribution in [0.1, 0.15) is 41.9 Å². The number of rotatable bonds is 2. The van der Waals surface area contributed by atoms with Gasteiger partial charge in [0, 0.05) is 18.0 Å². The van der Waals surface area contributed by atoms with Crippen LogP contribution in [-0.2, 0) is 11.3 Å². The summed E-state index contributed by atoms with van der Waals surface area (Å²) in [6.07, 6.45) is 4.48. The van der Waals surface area contributed by atoms with Crippen LogP contribution in [0.3, 0.4) is 0 Å². The zero-order valence-corrected chi connectivity index (χ0v) is 14.8. The van der Waals surface area contributed by atoms with Crippen LogP contribution in [0.5, 0.6) is 0 Å². The number of fused-ring (bicyclic) bond motifs is 1. The third-order valence-corrected chi connectivity index (χ3v) is 5.83. The van der Waals surface area contributed by atoms with Crippen LogP contribution in [0.4, 0.5) is 0 Å². The fourth-order valence-corrected chi connectivity index (χ4v) is 4.24. The van der Waals surface area contributed by atoms with E-state index < -0.39 is 0 Å². The van der Waals surface area contributed by atoms with E-state index in [9.17, 15) is 9.59 Å². The van der Waals surface area contributed by atoms with Crippen LogP contribution in [0.25, 0.3) is 10.2 Å². The molecule has 6 heteroatoms. The number of carbonyl (C=O) groups is 1. The summed E-state index contributed by atoms with van der Waals surface area (Å²) in [5.74, 6) is 0.648. The predicted octanol–water partition coefficient (Wildman–Crippen LogP) is 2.79. The van der Waals surface area contributed by atoms with Gasteiger partial charge in [0.1, 0.15) is 17.2 Å². The number of likely N-dealkylation sites (tertiary alicyclic amines) is 1. The lowest BCUT2D eigenvalue weighted by Crippen LogP contribution is -2.38. The number of thiophene rings is 1. The largest absolute Gasteiger partial charge is 0.341 e. The van der Waals surface area contributed by atoms with E-state index in [1.165, 1.54) is 17.4 Å². The number of hydrogen-bond donors (Lipinski definition) is 0. The van der Waals surface area contributed by atoms with E-state index in [0.717, 1.165) is 41.2 Å². The molecule has 0 N–H and O–H groups in total. The summed E-state index contributed by atoms with van der Waals surface area (Å²) >= 11 is 1.55. The molecule has 5 nitrogen and oxygen atoms in total. The van der Waals surface area contributed by atoms with E-state index in [1.807, 2.05) is 18.7 Å². The first-order valence-electron chi connectivity index (χ1n) is 8.24. The first-order chi connectivity index (χ1) is 11.0. The molecular weight excluding hydrogens is 310 g/mol. The van der Waals surface area contributed by atoms with E-state index in [0.29, 0.717) is 11.2 Å². The number of carbonyl (C=O) groups excluding carboxylic acids is 1. The highest BCUT2D eigenvalue weighted by Crippen LogP contribution is 2.26. The molecule has 1 saturated heterocycles. The van der Waals surface area contributed by atoms with Crippen LogP contribution in [-0.4, -0.2) is 33.4 Å². The van der Waals surface area contributed by atoms with Gasteiger partial charge < -0.3 is 4.90 Å². The van der Waals surface area contributed by atoms with Crippen molar-refractivity contribution < 1.29 is 4.79 Å². The maximum atomic E-state index is 12.8. The van der Waals surface area contributed by atoms with Crippen molar-refractivity contribution in [1.29, 1.82) is 0 Å². The van der Waals surface area contributed by atoms with Gasteiger partial charge in [-0.1, -0.05) is 12.8 Å². The Balaban J connectivity index is 1.94. The average molecular weight is 333 g/mol. The van der Waals surface area contributed by atoms with Crippen LogP contribution >= 0.6 is 11.3 Å². The number of amides is 1. The summed E-state index contributed by atoms with van der Waals surface area (Å²) in [5.41, 5.74) is 0.899.